The van der Waals surface area contributed by atoms with Crippen LogP contribution in [0.15, 0.2) is 31.0 Å². The highest BCUT2D eigenvalue weighted by atomic mass is 127. The van der Waals surface area contributed by atoms with Crippen LogP contribution >= 0.6 is 22.6 Å². The zero-order valence-electron chi connectivity index (χ0n) is 8.84. The Kier molecular flexibility index (Phi) is 3.70. The second kappa shape index (κ2) is 5.24. The van der Waals surface area contributed by atoms with Crippen LogP contribution in [0.5, 0.6) is 0 Å². The molecule has 0 radical (unpaired) electrons. The van der Waals surface area contributed by atoms with Crippen LogP contribution in [0.3, 0.4) is 0 Å². The first-order valence-electron chi connectivity index (χ1n) is 4.95. The minimum absolute atomic E-state index is 0.267. The molecule has 0 saturated carbocycles. The fourth-order valence-corrected chi connectivity index (χ4v) is 1.84. The van der Waals surface area contributed by atoms with Crippen LogP contribution in [0.25, 0.3) is 0 Å². The van der Waals surface area contributed by atoms with Crippen molar-refractivity contribution < 1.29 is 0 Å². The fourth-order valence-electron chi connectivity index (χ4n) is 1.39. The lowest BCUT2D eigenvalue weighted by Crippen LogP contribution is -2.23. The van der Waals surface area contributed by atoms with Gasteiger partial charge in [0.15, 0.2) is 0 Å². The van der Waals surface area contributed by atoms with Crippen LogP contribution in [0, 0.1) is 3.57 Å². The molecule has 84 valence electrons. The first-order valence-corrected chi connectivity index (χ1v) is 6.03. The van der Waals surface area contributed by atoms with Crippen molar-refractivity contribution in [3.05, 3.63) is 34.6 Å². The van der Waals surface area contributed by atoms with E-state index >= 15 is 0 Å². The van der Waals surface area contributed by atoms with E-state index in [1.807, 2.05) is 16.9 Å². The minimum atomic E-state index is 0.267. The largest absolute Gasteiger partial charge is 0.365 e. The summed E-state index contributed by atoms with van der Waals surface area (Å²) in [6.45, 7) is 2.91. The molecule has 0 bridgehead atoms. The Bertz CT molecular complexity index is 442. The molecule has 16 heavy (non-hydrogen) atoms. The van der Waals surface area contributed by atoms with Crippen LogP contribution < -0.4 is 5.32 Å². The van der Waals surface area contributed by atoms with Crippen molar-refractivity contribution in [2.24, 2.45) is 0 Å². The topological polar surface area (TPSA) is 55.6 Å². The number of nitrogens with zero attached hydrogens (tertiary/aromatic N) is 4. The highest BCUT2D eigenvalue weighted by Crippen LogP contribution is 2.13. The predicted octanol–water partition coefficient (Wildman–Crippen LogP) is 1.78. The standard InChI is InChI=1S/C10H12IN5/c1-8(6-16-4-2-3-14-16)15-10-9(11)5-12-7-13-10/h2-5,7-8H,6H2,1H3,(H,12,13,15). The quantitative estimate of drug-likeness (QED) is 0.869. The van der Waals surface area contributed by atoms with Gasteiger partial charge in [0.1, 0.15) is 12.1 Å². The van der Waals surface area contributed by atoms with Gasteiger partial charge in [-0.25, -0.2) is 9.97 Å². The Morgan fingerprint density at radius 1 is 1.56 bits per heavy atom. The zero-order chi connectivity index (χ0) is 11.4. The Labute approximate surface area is 107 Å². The van der Waals surface area contributed by atoms with Crippen molar-refractivity contribution in [1.29, 1.82) is 0 Å². The van der Waals surface area contributed by atoms with Gasteiger partial charge in [-0.15, -0.1) is 0 Å². The second-order valence-corrected chi connectivity index (χ2v) is 4.65. The van der Waals surface area contributed by atoms with Crippen molar-refractivity contribution in [1.82, 2.24) is 19.7 Å². The van der Waals surface area contributed by atoms with E-state index in [0.717, 1.165) is 15.9 Å². The maximum atomic E-state index is 4.19. The van der Waals surface area contributed by atoms with Crippen LogP contribution in [0.4, 0.5) is 5.82 Å². The predicted molar refractivity (Wildman–Crippen MR) is 70.1 cm³/mol. The van der Waals surface area contributed by atoms with Gasteiger partial charge in [-0.05, 0) is 35.6 Å². The number of halogens is 1. The van der Waals surface area contributed by atoms with Gasteiger partial charge in [0.05, 0.1) is 10.1 Å². The Balaban J connectivity index is 1.97. The lowest BCUT2D eigenvalue weighted by molar-refractivity contribution is 0.559. The van der Waals surface area contributed by atoms with Gasteiger partial charge in [0.25, 0.3) is 0 Å². The minimum Gasteiger partial charge on any atom is -0.365 e. The van der Waals surface area contributed by atoms with Crippen molar-refractivity contribution in [3.63, 3.8) is 0 Å². The lowest BCUT2D eigenvalue weighted by Gasteiger charge is -2.15. The summed E-state index contributed by atoms with van der Waals surface area (Å²) in [5.41, 5.74) is 0. The van der Waals surface area contributed by atoms with E-state index < -0.39 is 0 Å². The molecular formula is C10H12IN5. The van der Waals surface area contributed by atoms with E-state index in [2.05, 4.69) is 49.9 Å². The molecule has 0 spiro atoms. The van der Waals surface area contributed by atoms with E-state index in [1.54, 1.807) is 18.7 Å². The Morgan fingerprint density at radius 3 is 3.12 bits per heavy atom. The normalized spacial score (nSPS) is 12.4. The molecule has 0 saturated heterocycles. The molecule has 0 aliphatic carbocycles. The van der Waals surface area contributed by atoms with Crippen LogP contribution in [0.2, 0.25) is 0 Å². The van der Waals surface area contributed by atoms with Gasteiger partial charge in [0, 0.05) is 24.6 Å². The van der Waals surface area contributed by atoms with Crippen molar-refractivity contribution in [3.8, 4) is 0 Å². The summed E-state index contributed by atoms with van der Waals surface area (Å²) in [4.78, 5) is 8.14. The molecular weight excluding hydrogens is 317 g/mol. The number of hydrogen-bond donors (Lipinski definition) is 1. The molecule has 0 aliphatic rings. The molecule has 1 N–H and O–H groups in total. The summed E-state index contributed by atoms with van der Waals surface area (Å²) in [6, 6.07) is 2.18. The molecule has 1 unspecified atom stereocenters. The second-order valence-electron chi connectivity index (χ2n) is 3.49. The molecule has 2 aromatic heterocycles. The first kappa shape index (κ1) is 11.3. The van der Waals surface area contributed by atoms with E-state index in [9.17, 15) is 0 Å². The summed E-state index contributed by atoms with van der Waals surface area (Å²) >= 11 is 2.21. The molecule has 1 atom stereocenters. The molecule has 2 rings (SSSR count). The SMILES string of the molecule is CC(Cn1cccn1)Nc1ncncc1I. The van der Waals surface area contributed by atoms with Crippen LogP contribution in [-0.4, -0.2) is 25.8 Å². The fraction of sp³-hybridized carbons (Fsp3) is 0.300. The maximum absolute atomic E-state index is 4.19. The Hall–Kier alpha value is -1.18. The molecule has 0 aliphatic heterocycles. The number of nitrogens with one attached hydrogen (secondary N) is 1. The Morgan fingerprint density at radius 2 is 2.44 bits per heavy atom. The summed E-state index contributed by atoms with van der Waals surface area (Å²) in [6.07, 6.45) is 7.06. The number of hydrogen-bond acceptors (Lipinski definition) is 4. The number of rotatable bonds is 4. The average molecular weight is 329 g/mol. The van der Waals surface area contributed by atoms with Crippen LogP contribution in [0.1, 0.15) is 6.92 Å². The van der Waals surface area contributed by atoms with Gasteiger partial charge < -0.3 is 5.32 Å². The first-order chi connectivity index (χ1) is 7.75. The monoisotopic (exact) mass is 329 g/mol. The molecule has 2 aromatic rings. The van der Waals surface area contributed by atoms with Crippen molar-refractivity contribution >= 4 is 28.4 Å². The van der Waals surface area contributed by atoms with Gasteiger partial charge in [-0.1, -0.05) is 0 Å². The smallest absolute Gasteiger partial charge is 0.143 e. The molecule has 0 fully saturated rings. The van der Waals surface area contributed by atoms with E-state index in [-0.39, 0.29) is 6.04 Å². The summed E-state index contributed by atoms with van der Waals surface area (Å²) < 4.78 is 2.92. The maximum Gasteiger partial charge on any atom is 0.143 e. The van der Waals surface area contributed by atoms with Gasteiger partial charge in [-0.3, -0.25) is 4.68 Å². The summed E-state index contributed by atoms with van der Waals surface area (Å²) in [5.74, 6) is 0.871. The third-order valence-corrected chi connectivity index (χ3v) is 2.86. The molecule has 0 aromatic carbocycles. The van der Waals surface area contributed by atoms with Gasteiger partial charge in [0.2, 0.25) is 0 Å². The van der Waals surface area contributed by atoms with E-state index in [4.69, 9.17) is 0 Å². The third kappa shape index (κ3) is 2.91. The summed E-state index contributed by atoms with van der Waals surface area (Å²) in [7, 11) is 0. The molecule has 6 heteroatoms. The van der Waals surface area contributed by atoms with Crippen molar-refractivity contribution in [2.45, 2.75) is 19.5 Å². The number of aromatic nitrogens is 4. The molecule has 5 nitrogen and oxygen atoms in total. The van der Waals surface area contributed by atoms with E-state index in [1.165, 1.54) is 0 Å². The zero-order valence-corrected chi connectivity index (χ0v) is 11.0. The van der Waals surface area contributed by atoms with Gasteiger partial charge >= 0.3 is 0 Å². The number of anilines is 1. The highest BCUT2D eigenvalue weighted by molar-refractivity contribution is 14.1. The average Bonchev–Trinajstić information content (AvgIpc) is 2.74. The van der Waals surface area contributed by atoms with Gasteiger partial charge in [-0.2, -0.15) is 5.10 Å². The third-order valence-electron chi connectivity index (χ3n) is 2.07. The van der Waals surface area contributed by atoms with E-state index in [0.29, 0.717) is 0 Å². The lowest BCUT2D eigenvalue weighted by atomic mass is 10.3. The highest BCUT2D eigenvalue weighted by Gasteiger charge is 2.06. The molecule has 2 heterocycles. The van der Waals surface area contributed by atoms with Crippen LogP contribution in [-0.2, 0) is 6.54 Å². The summed E-state index contributed by atoms with van der Waals surface area (Å²) in [5, 5.41) is 7.49. The molecule has 0 amide bonds. The van der Waals surface area contributed by atoms with Crippen molar-refractivity contribution in [2.75, 3.05) is 5.32 Å².